The summed E-state index contributed by atoms with van der Waals surface area (Å²) in [4.78, 5) is 0. The molecule has 294 valence electrons. The summed E-state index contributed by atoms with van der Waals surface area (Å²) in [6.45, 7) is 27.9. The van der Waals surface area contributed by atoms with Crippen LogP contribution in [0, 0.1) is 55.4 Å². The predicted molar refractivity (Wildman–Crippen MR) is 263 cm³/mol. The first kappa shape index (κ1) is 37.3. The van der Waals surface area contributed by atoms with Gasteiger partial charge in [0.15, 0.2) is 0 Å². The summed E-state index contributed by atoms with van der Waals surface area (Å²) < 4.78 is 5.32. The van der Waals surface area contributed by atoms with E-state index in [4.69, 9.17) is 0 Å². The average molecular weight is 777 g/mol. The van der Waals surface area contributed by atoms with E-state index in [2.05, 4.69) is 189 Å². The van der Waals surface area contributed by atoms with E-state index in [1.54, 1.807) is 0 Å². The van der Waals surface area contributed by atoms with E-state index in [1.807, 2.05) is 0 Å². The van der Waals surface area contributed by atoms with Crippen LogP contribution in [0.1, 0.15) is 95.2 Å². The zero-order valence-electron chi connectivity index (χ0n) is 37.4. The zero-order chi connectivity index (χ0) is 41.8. The van der Waals surface area contributed by atoms with E-state index in [0.717, 1.165) is 0 Å². The first-order valence-corrected chi connectivity index (χ1v) is 22.2. The predicted octanol–water partition coefficient (Wildman–Crippen LogP) is 10.3. The summed E-state index contributed by atoms with van der Waals surface area (Å²) in [5.74, 6) is 0.846. The minimum atomic E-state index is 0.0654. The topological polar surface area (TPSA) is 9.86 Å². The highest BCUT2D eigenvalue weighted by molar-refractivity contribution is 7.00. The first-order chi connectivity index (χ1) is 28.7. The van der Waals surface area contributed by atoms with Crippen LogP contribution in [-0.4, -0.2) is 22.6 Å². The SMILES string of the molecule is Cc1cc(C)c(B2c3cc4c(cc3-n3c5ccc(C(C)C)cc5c5cc(C)cc2c53)B(c2c(C)cc(C)cc2C)c2cc(C(C)C)cc3c5cc(C)ccc5n-4c23)c(C)c1. The standard InChI is InChI=1S/C56H54B2N2/c1-29(2)39-14-16-50-42(24-39)43-22-34(8)23-47-55(43)60(50)51-28-46-52(27-45(51)57(47)53-35(9)17-32(6)18-36(53)10)59-49-15-13-31(5)21-41(49)44-25-40(30(3)4)26-48(56(44)59)58(46)54-37(11)19-33(7)20-38(54)12/h13-30H,1-12H3. The van der Waals surface area contributed by atoms with Crippen molar-refractivity contribution in [1.29, 1.82) is 0 Å². The van der Waals surface area contributed by atoms with Crippen LogP contribution in [-0.2, 0) is 0 Å². The van der Waals surface area contributed by atoms with Gasteiger partial charge in [0, 0.05) is 44.0 Å². The van der Waals surface area contributed by atoms with Crippen molar-refractivity contribution < 1.29 is 0 Å². The minimum absolute atomic E-state index is 0.0654. The molecule has 2 aliphatic heterocycles. The van der Waals surface area contributed by atoms with Gasteiger partial charge in [-0.1, -0.05) is 132 Å². The summed E-state index contributed by atoms with van der Waals surface area (Å²) in [5.41, 5.74) is 29.9. The molecule has 2 aromatic heterocycles. The molecule has 7 aromatic carbocycles. The van der Waals surface area contributed by atoms with Crippen LogP contribution in [0.25, 0.3) is 55.0 Å². The maximum Gasteiger partial charge on any atom is 0.247 e. The molecule has 4 heteroatoms. The van der Waals surface area contributed by atoms with Crippen LogP contribution in [0.15, 0.2) is 97.1 Å². The Bertz CT molecular complexity index is 3320. The Morgan fingerprint density at radius 1 is 0.367 bits per heavy atom. The maximum absolute atomic E-state index is 2.66. The van der Waals surface area contributed by atoms with Crippen LogP contribution in [0.4, 0.5) is 0 Å². The largest absolute Gasteiger partial charge is 0.310 e. The molecule has 0 saturated carbocycles. The van der Waals surface area contributed by atoms with Crippen molar-refractivity contribution in [2.75, 3.05) is 0 Å². The molecule has 0 amide bonds. The molecule has 0 saturated heterocycles. The molecule has 0 bridgehead atoms. The van der Waals surface area contributed by atoms with E-state index in [9.17, 15) is 0 Å². The second-order valence-corrected chi connectivity index (χ2v) is 19.5. The lowest BCUT2D eigenvalue weighted by Crippen LogP contribution is -2.61. The summed E-state index contributed by atoms with van der Waals surface area (Å²) in [6, 6.07) is 39.3. The van der Waals surface area contributed by atoms with Gasteiger partial charge in [-0.2, -0.15) is 0 Å². The highest BCUT2D eigenvalue weighted by atomic mass is 15.0. The number of benzene rings is 7. The van der Waals surface area contributed by atoms with E-state index in [0.29, 0.717) is 11.8 Å². The van der Waals surface area contributed by atoms with Gasteiger partial charge in [-0.25, -0.2) is 0 Å². The summed E-state index contributed by atoms with van der Waals surface area (Å²) >= 11 is 0. The van der Waals surface area contributed by atoms with Crippen LogP contribution in [0.2, 0.25) is 0 Å². The van der Waals surface area contributed by atoms with Crippen molar-refractivity contribution in [3.05, 3.63) is 153 Å². The van der Waals surface area contributed by atoms with Gasteiger partial charge in [0.1, 0.15) is 0 Å². The van der Waals surface area contributed by atoms with Crippen molar-refractivity contribution in [2.45, 2.75) is 94.9 Å². The lowest BCUT2D eigenvalue weighted by molar-refractivity contribution is 0.868. The van der Waals surface area contributed by atoms with Gasteiger partial charge in [-0.15, -0.1) is 0 Å². The lowest BCUT2D eigenvalue weighted by Gasteiger charge is -2.34. The molecule has 0 radical (unpaired) electrons. The van der Waals surface area contributed by atoms with Crippen LogP contribution < -0.4 is 32.8 Å². The fourth-order valence-corrected chi connectivity index (χ4v) is 12.0. The number of aromatic nitrogens is 2. The number of rotatable bonds is 4. The molecule has 0 fully saturated rings. The van der Waals surface area contributed by atoms with E-state index < -0.39 is 0 Å². The van der Waals surface area contributed by atoms with E-state index >= 15 is 0 Å². The van der Waals surface area contributed by atoms with Crippen molar-refractivity contribution in [3.63, 3.8) is 0 Å². The number of aryl methyl sites for hydroxylation is 8. The Kier molecular flexibility index (Phi) is 8.01. The van der Waals surface area contributed by atoms with Crippen molar-refractivity contribution >= 4 is 89.8 Å². The third-order valence-corrected chi connectivity index (χ3v) is 14.4. The molecule has 2 nitrogen and oxygen atoms in total. The van der Waals surface area contributed by atoms with E-state index in [1.165, 1.54) is 143 Å². The van der Waals surface area contributed by atoms with Gasteiger partial charge in [0.2, 0.25) is 13.4 Å². The van der Waals surface area contributed by atoms with Gasteiger partial charge >= 0.3 is 0 Å². The third kappa shape index (κ3) is 5.09. The number of hydrogen-bond donors (Lipinski definition) is 0. The van der Waals surface area contributed by atoms with Crippen LogP contribution in [0.3, 0.4) is 0 Å². The van der Waals surface area contributed by atoms with Crippen molar-refractivity contribution in [1.82, 2.24) is 9.13 Å². The fourth-order valence-electron chi connectivity index (χ4n) is 12.0. The highest BCUT2D eigenvalue weighted by Crippen LogP contribution is 2.39. The van der Waals surface area contributed by atoms with Gasteiger partial charge in [-0.3, -0.25) is 0 Å². The zero-order valence-corrected chi connectivity index (χ0v) is 37.4. The van der Waals surface area contributed by atoms with Gasteiger partial charge < -0.3 is 9.13 Å². The number of fused-ring (bicyclic) bond motifs is 10. The molecular weight excluding hydrogens is 722 g/mol. The second kappa shape index (κ2) is 12.9. The Morgan fingerprint density at radius 3 is 1.30 bits per heavy atom. The summed E-state index contributed by atoms with van der Waals surface area (Å²) in [5, 5.41) is 5.43. The molecule has 0 spiro atoms. The Hall–Kier alpha value is -5.73. The maximum atomic E-state index is 2.66. The van der Waals surface area contributed by atoms with Crippen molar-refractivity contribution in [3.8, 4) is 11.4 Å². The fraction of sp³-hybridized carbons (Fsp3) is 0.250. The highest BCUT2D eigenvalue weighted by Gasteiger charge is 2.41. The lowest BCUT2D eigenvalue weighted by atomic mass is 9.32. The van der Waals surface area contributed by atoms with Gasteiger partial charge in [0.05, 0.1) is 11.0 Å². The third-order valence-electron chi connectivity index (χ3n) is 14.4. The van der Waals surface area contributed by atoms with Gasteiger partial charge in [-0.05, 0) is 149 Å². The quantitative estimate of drug-likeness (QED) is 0.158. The molecular formula is C56H54B2N2. The molecule has 11 rings (SSSR count). The molecule has 60 heavy (non-hydrogen) atoms. The van der Waals surface area contributed by atoms with Crippen LogP contribution >= 0.6 is 0 Å². The van der Waals surface area contributed by atoms with E-state index in [-0.39, 0.29) is 13.4 Å². The monoisotopic (exact) mass is 776 g/mol. The Balaban J connectivity index is 1.37. The molecule has 0 unspecified atom stereocenters. The molecule has 0 atom stereocenters. The average Bonchev–Trinajstić information content (AvgIpc) is 3.68. The Labute approximate surface area is 356 Å². The molecule has 4 heterocycles. The molecule has 0 aliphatic carbocycles. The normalized spacial score (nSPS) is 13.2. The van der Waals surface area contributed by atoms with Crippen LogP contribution in [0.5, 0.6) is 0 Å². The number of hydrogen-bond acceptors (Lipinski definition) is 0. The minimum Gasteiger partial charge on any atom is -0.310 e. The Morgan fingerprint density at radius 2 is 0.783 bits per heavy atom. The number of nitrogens with zero attached hydrogens (tertiary/aromatic N) is 2. The first-order valence-electron chi connectivity index (χ1n) is 22.2. The second-order valence-electron chi connectivity index (χ2n) is 19.5. The molecule has 2 aliphatic rings. The summed E-state index contributed by atoms with van der Waals surface area (Å²) in [7, 11) is 0. The van der Waals surface area contributed by atoms with Gasteiger partial charge in [0.25, 0.3) is 0 Å². The smallest absolute Gasteiger partial charge is 0.247 e. The summed E-state index contributed by atoms with van der Waals surface area (Å²) in [6.07, 6.45) is 0. The molecule has 0 N–H and O–H groups in total. The molecule has 9 aromatic rings. The van der Waals surface area contributed by atoms with Crippen molar-refractivity contribution in [2.24, 2.45) is 0 Å².